The van der Waals surface area contributed by atoms with E-state index in [-0.39, 0.29) is 12.5 Å². The molecule has 3 rings (SSSR count). The van der Waals surface area contributed by atoms with Crippen molar-refractivity contribution in [3.8, 4) is 11.5 Å². The van der Waals surface area contributed by atoms with Gasteiger partial charge >= 0.3 is 0 Å². The monoisotopic (exact) mass is 534 g/mol. The molecule has 0 aliphatic rings. The van der Waals surface area contributed by atoms with E-state index in [0.717, 1.165) is 16.8 Å². The van der Waals surface area contributed by atoms with E-state index in [1.54, 1.807) is 18.2 Å². The lowest BCUT2D eigenvalue weighted by atomic mass is 10.1. The summed E-state index contributed by atoms with van der Waals surface area (Å²) in [6.45, 7) is 7.81. The number of rotatable bonds is 11. The maximum absolute atomic E-state index is 12.4. The van der Waals surface area contributed by atoms with Gasteiger partial charge in [0.1, 0.15) is 6.61 Å². The van der Waals surface area contributed by atoms with E-state index in [1.165, 1.54) is 0 Å². The van der Waals surface area contributed by atoms with Crippen LogP contribution in [0.2, 0.25) is 15.1 Å². The van der Waals surface area contributed by atoms with Gasteiger partial charge in [0.2, 0.25) is 0 Å². The van der Waals surface area contributed by atoms with Crippen LogP contribution in [0.25, 0.3) is 0 Å². The fraction of sp³-hybridized carbons (Fsp3) is 0.296. The van der Waals surface area contributed by atoms with Gasteiger partial charge in [-0.2, -0.15) is 0 Å². The number of amides is 1. The second-order valence-electron chi connectivity index (χ2n) is 8.40. The first kappa shape index (κ1) is 27.0. The Bertz CT molecular complexity index is 1170. The Labute approximate surface area is 221 Å². The van der Waals surface area contributed by atoms with Crippen molar-refractivity contribution in [3.63, 3.8) is 0 Å². The number of halogens is 3. The molecule has 0 bridgehead atoms. The van der Waals surface area contributed by atoms with Crippen molar-refractivity contribution in [2.75, 3.05) is 18.5 Å². The zero-order chi connectivity index (χ0) is 25.4. The Kier molecular flexibility index (Phi) is 9.96. The SMILES string of the molecule is CCOc1cc(CNc2cccc(C(=O)NCC(C)C)c2)cc(Cl)c1OCc1ccc(Cl)cc1Cl. The number of benzene rings is 3. The molecule has 0 aliphatic heterocycles. The highest BCUT2D eigenvalue weighted by Crippen LogP contribution is 2.38. The van der Waals surface area contributed by atoms with Gasteiger partial charge in [-0.3, -0.25) is 4.79 Å². The lowest BCUT2D eigenvalue weighted by Gasteiger charge is -2.16. The van der Waals surface area contributed by atoms with E-state index in [2.05, 4.69) is 24.5 Å². The van der Waals surface area contributed by atoms with Gasteiger partial charge in [0.15, 0.2) is 11.5 Å². The highest BCUT2D eigenvalue weighted by Gasteiger charge is 2.14. The van der Waals surface area contributed by atoms with Crippen LogP contribution in [-0.2, 0) is 13.2 Å². The Morgan fingerprint density at radius 3 is 2.49 bits per heavy atom. The van der Waals surface area contributed by atoms with E-state index >= 15 is 0 Å². The molecule has 0 aromatic heterocycles. The summed E-state index contributed by atoms with van der Waals surface area (Å²) >= 11 is 18.8. The summed E-state index contributed by atoms with van der Waals surface area (Å²) in [5.74, 6) is 1.29. The van der Waals surface area contributed by atoms with Crippen LogP contribution in [0.15, 0.2) is 54.6 Å². The maximum atomic E-state index is 12.4. The second kappa shape index (κ2) is 12.9. The summed E-state index contributed by atoms with van der Waals surface area (Å²) in [6.07, 6.45) is 0. The van der Waals surface area contributed by atoms with Gasteiger partial charge in [0.25, 0.3) is 5.91 Å². The molecule has 0 saturated carbocycles. The average Bonchev–Trinajstić information content (AvgIpc) is 2.82. The first-order valence-corrected chi connectivity index (χ1v) is 12.5. The predicted octanol–water partition coefficient (Wildman–Crippen LogP) is 7.62. The molecule has 2 N–H and O–H groups in total. The number of ether oxygens (including phenoxy) is 2. The van der Waals surface area contributed by atoms with Crippen LogP contribution in [0.1, 0.15) is 42.3 Å². The minimum Gasteiger partial charge on any atom is -0.490 e. The summed E-state index contributed by atoms with van der Waals surface area (Å²) < 4.78 is 11.8. The van der Waals surface area contributed by atoms with Gasteiger partial charge in [-0.25, -0.2) is 0 Å². The molecule has 3 aromatic rings. The van der Waals surface area contributed by atoms with Gasteiger partial charge in [-0.05, 0) is 60.9 Å². The first-order valence-electron chi connectivity index (χ1n) is 11.4. The zero-order valence-corrected chi connectivity index (χ0v) is 22.2. The van der Waals surface area contributed by atoms with Crippen LogP contribution in [0, 0.1) is 5.92 Å². The largest absolute Gasteiger partial charge is 0.490 e. The highest BCUT2D eigenvalue weighted by molar-refractivity contribution is 6.35. The fourth-order valence-electron chi connectivity index (χ4n) is 3.29. The number of nitrogens with one attached hydrogen (secondary N) is 2. The molecule has 0 spiro atoms. The molecule has 0 atom stereocenters. The van der Waals surface area contributed by atoms with Crippen molar-refractivity contribution in [2.24, 2.45) is 5.92 Å². The van der Waals surface area contributed by atoms with E-state index in [4.69, 9.17) is 44.3 Å². The number of hydrogen-bond donors (Lipinski definition) is 2. The van der Waals surface area contributed by atoms with E-state index in [9.17, 15) is 4.79 Å². The number of hydrogen-bond acceptors (Lipinski definition) is 4. The lowest BCUT2D eigenvalue weighted by Crippen LogP contribution is -2.27. The molecule has 1 amide bonds. The summed E-state index contributed by atoms with van der Waals surface area (Å²) in [5.41, 5.74) is 3.13. The molecule has 0 aliphatic carbocycles. The Balaban J connectivity index is 1.70. The van der Waals surface area contributed by atoms with Gasteiger partial charge in [0, 0.05) is 39.9 Å². The smallest absolute Gasteiger partial charge is 0.251 e. The molecule has 186 valence electrons. The third-order valence-corrected chi connectivity index (χ3v) is 5.92. The van der Waals surface area contributed by atoms with Gasteiger partial charge in [0.05, 0.1) is 11.6 Å². The Morgan fingerprint density at radius 2 is 1.77 bits per heavy atom. The van der Waals surface area contributed by atoms with Crippen molar-refractivity contribution in [2.45, 2.75) is 33.9 Å². The van der Waals surface area contributed by atoms with Crippen LogP contribution in [0.4, 0.5) is 5.69 Å². The normalized spacial score (nSPS) is 10.8. The molecule has 0 radical (unpaired) electrons. The molecule has 0 saturated heterocycles. The Hall–Kier alpha value is -2.60. The third kappa shape index (κ3) is 7.96. The summed E-state index contributed by atoms with van der Waals surface area (Å²) in [6, 6.07) is 16.4. The van der Waals surface area contributed by atoms with E-state index in [1.807, 2.05) is 43.3 Å². The molecule has 0 heterocycles. The van der Waals surface area contributed by atoms with Gasteiger partial charge in [-0.1, -0.05) is 60.8 Å². The quantitative estimate of drug-likeness (QED) is 0.265. The van der Waals surface area contributed by atoms with Crippen LogP contribution in [0.5, 0.6) is 11.5 Å². The molecule has 3 aromatic carbocycles. The van der Waals surface area contributed by atoms with Crippen molar-refractivity contribution in [1.82, 2.24) is 5.32 Å². The predicted molar refractivity (Wildman–Crippen MR) is 144 cm³/mol. The highest BCUT2D eigenvalue weighted by atomic mass is 35.5. The molecule has 0 fully saturated rings. The molecule has 8 heteroatoms. The minimum absolute atomic E-state index is 0.0914. The second-order valence-corrected chi connectivity index (χ2v) is 9.65. The van der Waals surface area contributed by atoms with Crippen molar-refractivity contribution < 1.29 is 14.3 Å². The minimum atomic E-state index is -0.0914. The molecule has 35 heavy (non-hydrogen) atoms. The number of carbonyl (C=O) groups excluding carboxylic acids is 1. The van der Waals surface area contributed by atoms with Crippen LogP contribution in [-0.4, -0.2) is 19.1 Å². The topological polar surface area (TPSA) is 59.6 Å². The molecule has 5 nitrogen and oxygen atoms in total. The summed E-state index contributed by atoms with van der Waals surface area (Å²) in [4.78, 5) is 12.4. The lowest BCUT2D eigenvalue weighted by molar-refractivity contribution is 0.0949. The standard InChI is InChI=1S/C27H29Cl3N2O3/c1-4-34-25-11-18(10-24(30)26(25)35-16-20-8-9-21(28)13-23(20)29)15-31-22-7-5-6-19(12-22)27(33)32-14-17(2)3/h5-13,17,31H,4,14-16H2,1-3H3,(H,32,33). The van der Waals surface area contributed by atoms with Gasteiger partial charge in [-0.15, -0.1) is 0 Å². The van der Waals surface area contributed by atoms with Crippen LogP contribution < -0.4 is 20.1 Å². The van der Waals surface area contributed by atoms with E-state index in [0.29, 0.717) is 57.7 Å². The average molecular weight is 536 g/mol. The molecule has 0 unspecified atom stereocenters. The fourth-order valence-corrected chi connectivity index (χ4v) is 4.04. The van der Waals surface area contributed by atoms with Crippen LogP contribution in [0.3, 0.4) is 0 Å². The van der Waals surface area contributed by atoms with Crippen molar-refractivity contribution in [3.05, 3.63) is 86.4 Å². The Morgan fingerprint density at radius 1 is 0.971 bits per heavy atom. The molecular weight excluding hydrogens is 507 g/mol. The maximum Gasteiger partial charge on any atom is 0.251 e. The number of carbonyl (C=O) groups is 1. The van der Waals surface area contributed by atoms with Gasteiger partial charge < -0.3 is 20.1 Å². The van der Waals surface area contributed by atoms with Crippen LogP contribution >= 0.6 is 34.8 Å². The first-order chi connectivity index (χ1) is 16.8. The summed E-state index contributed by atoms with van der Waals surface area (Å²) in [7, 11) is 0. The van der Waals surface area contributed by atoms with Crippen molar-refractivity contribution >= 4 is 46.4 Å². The zero-order valence-electron chi connectivity index (χ0n) is 20.0. The summed E-state index contributed by atoms with van der Waals surface area (Å²) in [5, 5.41) is 7.79. The number of anilines is 1. The van der Waals surface area contributed by atoms with E-state index < -0.39 is 0 Å². The molecular formula is C27H29Cl3N2O3. The third-order valence-electron chi connectivity index (χ3n) is 5.05. The van der Waals surface area contributed by atoms with Crippen molar-refractivity contribution in [1.29, 1.82) is 0 Å².